The van der Waals surface area contributed by atoms with Crippen LogP contribution >= 0.6 is 0 Å². The Labute approximate surface area is 106 Å². The molecule has 1 N–H and O–H groups in total. The van der Waals surface area contributed by atoms with Crippen molar-refractivity contribution in [3.05, 3.63) is 39.7 Å². The third-order valence-corrected chi connectivity index (χ3v) is 2.63. The van der Waals surface area contributed by atoms with Crippen LogP contribution in [0.25, 0.3) is 0 Å². The summed E-state index contributed by atoms with van der Waals surface area (Å²) in [6, 6.07) is 3.95. The number of hydrogen-bond acceptors (Lipinski definition) is 3. The highest BCUT2D eigenvalue weighted by molar-refractivity contribution is 5.35. The van der Waals surface area contributed by atoms with Gasteiger partial charge in [0.05, 0.1) is 11.0 Å². The van der Waals surface area contributed by atoms with E-state index >= 15 is 0 Å². The van der Waals surface area contributed by atoms with E-state index < -0.39 is 10.7 Å². The zero-order valence-electron chi connectivity index (χ0n) is 10.9. The van der Waals surface area contributed by atoms with Crippen LogP contribution in [0.5, 0.6) is 0 Å². The Morgan fingerprint density at radius 1 is 1.33 bits per heavy atom. The summed E-state index contributed by atoms with van der Waals surface area (Å²) < 4.78 is 13.2. The number of halogens is 1. The van der Waals surface area contributed by atoms with Crippen LogP contribution in [0.4, 0.5) is 10.1 Å². The lowest BCUT2D eigenvalue weighted by atomic mass is 10.0. The molecule has 1 aromatic rings. The quantitative estimate of drug-likeness (QED) is 0.626. The normalized spacial score (nSPS) is 12.7. The SMILES string of the molecule is CC(C)CC(C)NCc1cc(F)cc([N+](=O)[O-])c1. The molecule has 0 aromatic heterocycles. The Morgan fingerprint density at radius 3 is 2.56 bits per heavy atom. The standard InChI is InChI=1S/C13H19FN2O2/c1-9(2)4-10(3)15-8-11-5-12(14)7-13(6-11)16(17)18/h5-7,9-10,15H,4,8H2,1-3H3. The second-order valence-electron chi connectivity index (χ2n) is 4.99. The Kier molecular flexibility index (Phi) is 5.22. The van der Waals surface area contributed by atoms with Gasteiger partial charge in [0.15, 0.2) is 0 Å². The van der Waals surface area contributed by atoms with Gasteiger partial charge in [0, 0.05) is 18.7 Å². The molecule has 0 radical (unpaired) electrons. The van der Waals surface area contributed by atoms with Crippen LogP contribution < -0.4 is 5.32 Å². The highest BCUT2D eigenvalue weighted by Crippen LogP contribution is 2.16. The van der Waals surface area contributed by atoms with E-state index in [-0.39, 0.29) is 5.69 Å². The Balaban J connectivity index is 2.64. The van der Waals surface area contributed by atoms with Crippen molar-refractivity contribution >= 4 is 5.69 Å². The fraction of sp³-hybridized carbons (Fsp3) is 0.538. The summed E-state index contributed by atoms with van der Waals surface area (Å²) in [4.78, 5) is 10.0. The van der Waals surface area contributed by atoms with Crippen molar-refractivity contribution in [1.82, 2.24) is 5.32 Å². The molecule has 1 unspecified atom stereocenters. The van der Waals surface area contributed by atoms with Crippen molar-refractivity contribution in [3.8, 4) is 0 Å². The number of nitrogens with one attached hydrogen (secondary N) is 1. The first-order valence-corrected chi connectivity index (χ1v) is 6.05. The smallest absolute Gasteiger partial charge is 0.272 e. The molecule has 1 rings (SSSR count). The molecule has 0 saturated carbocycles. The first kappa shape index (κ1) is 14.6. The van der Waals surface area contributed by atoms with E-state index in [0.717, 1.165) is 12.5 Å². The average Bonchev–Trinajstić information content (AvgIpc) is 2.24. The van der Waals surface area contributed by atoms with E-state index in [2.05, 4.69) is 19.2 Å². The number of nitrogens with zero attached hydrogens (tertiary/aromatic N) is 1. The van der Waals surface area contributed by atoms with Crippen molar-refractivity contribution in [1.29, 1.82) is 0 Å². The van der Waals surface area contributed by atoms with Gasteiger partial charge in [-0.05, 0) is 30.9 Å². The molecular formula is C13H19FN2O2. The molecule has 0 amide bonds. The lowest BCUT2D eigenvalue weighted by Crippen LogP contribution is -2.26. The maximum atomic E-state index is 13.2. The van der Waals surface area contributed by atoms with Crippen LogP contribution in [-0.2, 0) is 6.54 Å². The lowest BCUT2D eigenvalue weighted by Gasteiger charge is -2.15. The van der Waals surface area contributed by atoms with Gasteiger partial charge in [-0.25, -0.2) is 4.39 Å². The predicted molar refractivity (Wildman–Crippen MR) is 68.8 cm³/mol. The fourth-order valence-corrected chi connectivity index (χ4v) is 1.92. The number of hydrogen-bond donors (Lipinski definition) is 1. The largest absolute Gasteiger partial charge is 0.310 e. The molecule has 5 heteroatoms. The zero-order chi connectivity index (χ0) is 13.7. The molecule has 0 spiro atoms. The van der Waals surface area contributed by atoms with Crippen molar-refractivity contribution in [3.63, 3.8) is 0 Å². The lowest BCUT2D eigenvalue weighted by molar-refractivity contribution is -0.385. The molecule has 100 valence electrons. The minimum absolute atomic E-state index is 0.205. The zero-order valence-corrected chi connectivity index (χ0v) is 10.9. The highest BCUT2D eigenvalue weighted by Gasteiger charge is 2.10. The summed E-state index contributed by atoms with van der Waals surface area (Å²) in [7, 11) is 0. The summed E-state index contributed by atoms with van der Waals surface area (Å²) in [6.45, 7) is 6.75. The molecule has 0 bridgehead atoms. The van der Waals surface area contributed by atoms with Gasteiger partial charge in [-0.1, -0.05) is 13.8 Å². The molecule has 0 aliphatic rings. The topological polar surface area (TPSA) is 55.2 Å². The van der Waals surface area contributed by atoms with E-state index in [1.54, 1.807) is 0 Å². The van der Waals surface area contributed by atoms with E-state index in [9.17, 15) is 14.5 Å². The van der Waals surface area contributed by atoms with Crippen molar-refractivity contribution in [2.75, 3.05) is 0 Å². The second-order valence-corrected chi connectivity index (χ2v) is 4.99. The van der Waals surface area contributed by atoms with E-state index in [0.29, 0.717) is 24.1 Å². The van der Waals surface area contributed by atoms with E-state index in [1.165, 1.54) is 12.1 Å². The molecule has 0 saturated heterocycles. The van der Waals surface area contributed by atoms with E-state index in [1.807, 2.05) is 6.92 Å². The third-order valence-electron chi connectivity index (χ3n) is 2.63. The van der Waals surface area contributed by atoms with Gasteiger partial charge in [-0.3, -0.25) is 10.1 Å². The number of benzene rings is 1. The Morgan fingerprint density at radius 2 is 2.00 bits per heavy atom. The molecule has 1 atom stereocenters. The fourth-order valence-electron chi connectivity index (χ4n) is 1.92. The molecule has 0 fully saturated rings. The Bertz CT molecular complexity index is 421. The van der Waals surface area contributed by atoms with Crippen LogP contribution in [0.2, 0.25) is 0 Å². The maximum Gasteiger partial charge on any atom is 0.272 e. The second kappa shape index (κ2) is 6.44. The summed E-state index contributed by atoms with van der Waals surface area (Å²) in [6.07, 6.45) is 1.01. The molecule has 0 heterocycles. The molecular weight excluding hydrogens is 235 g/mol. The number of rotatable bonds is 6. The summed E-state index contributed by atoms with van der Waals surface area (Å²) >= 11 is 0. The van der Waals surface area contributed by atoms with Crippen LogP contribution in [-0.4, -0.2) is 11.0 Å². The van der Waals surface area contributed by atoms with Gasteiger partial charge in [0.1, 0.15) is 5.82 Å². The maximum absolute atomic E-state index is 13.2. The predicted octanol–water partition coefficient (Wildman–Crippen LogP) is 3.26. The molecule has 0 aliphatic heterocycles. The average molecular weight is 254 g/mol. The van der Waals surface area contributed by atoms with Crippen LogP contribution in [0.15, 0.2) is 18.2 Å². The van der Waals surface area contributed by atoms with Crippen molar-refractivity contribution < 1.29 is 9.31 Å². The number of nitro groups is 1. The van der Waals surface area contributed by atoms with Crippen molar-refractivity contribution in [2.24, 2.45) is 5.92 Å². The van der Waals surface area contributed by atoms with Gasteiger partial charge in [-0.15, -0.1) is 0 Å². The number of non-ortho nitro benzene ring substituents is 1. The van der Waals surface area contributed by atoms with Crippen LogP contribution in [0.3, 0.4) is 0 Å². The summed E-state index contributed by atoms with van der Waals surface area (Å²) in [5, 5.41) is 13.8. The minimum atomic E-state index is -0.579. The monoisotopic (exact) mass is 254 g/mol. The first-order valence-electron chi connectivity index (χ1n) is 6.05. The van der Waals surface area contributed by atoms with Gasteiger partial charge < -0.3 is 5.32 Å². The molecule has 4 nitrogen and oxygen atoms in total. The Hall–Kier alpha value is -1.49. The first-order chi connectivity index (χ1) is 8.38. The number of nitro benzene ring substituents is 1. The van der Waals surface area contributed by atoms with Gasteiger partial charge in [-0.2, -0.15) is 0 Å². The van der Waals surface area contributed by atoms with Crippen molar-refractivity contribution in [2.45, 2.75) is 39.8 Å². The van der Waals surface area contributed by atoms with Gasteiger partial charge in [0.2, 0.25) is 0 Å². The molecule has 0 aliphatic carbocycles. The van der Waals surface area contributed by atoms with E-state index in [4.69, 9.17) is 0 Å². The van der Waals surface area contributed by atoms with Gasteiger partial charge >= 0.3 is 0 Å². The van der Waals surface area contributed by atoms with Crippen LogP contribution in [0, 0.1) is 21.8 Å². The summed E-state index contributed by atoms with van der Waals surface area (Å²) in [5.41, 5.74) is 0.389. The van der Waals surface area contributed by atoms with Crippen LogP contribution in [0.1, 0.15) is 32.8 Å². The summed E-state index contributed by atoms with van der Waals surface area (Å²) in [5.74, 6) is 0.00635. The third kappa shape index (κ3) is 4.79. The van der Waals surface area contributed by atoms with Gasteiger partial charge in [0.25, 0.3) is 5.69 Å². The highest BCUT2D eigenvalue weighted by atomic mass is 19.1. The minimum Gasteiger partial charge on any atom is -0.310 e. The molecule has 18 heavy (non-hydrogen) atoms. The molecule has 1 aromatic carbocycles.